The maximum atomic E-state index is 13.5. The van der Waals surface area contributed by atoms with E-state index in [-0.39, 0.29) is 35.8 Å². The van der Waals surface area contributed by atoms with Gasteiger partial charge in [0, 0.05) is 37.2 Å². The lowest BCUT2D eigenvalue weighted by Gasteiger charge is -2.38. The number of likely N-dealkylation sites (tertiary alicyclic amines) is 1. The second kappa shape index (κ2) is 10.0. The first-order valence-electron chi connectivity index (χ1n) is 11.7. The monoisotopic (exact) mass is 451 g/mol. The van der Waals surface area contributed by atoms with E-state index in [0.717, 1.165) is 19.3 Å². The van der Waals surface area contributed by atoms with Crippen molar-refractivity contribution >= 4 is 11.8 Å². The van der Waals surface area contributed by atoms with Crippen molar-refractivity contribution in [2.75, 3.05) is 33.8 Å². The average Bonchev–Trinajstić information content (AvgIpc) is 3.27. The summed E-state index contributed by atoms with van der Waals surface area (Å²) in [6.07, 6.45) is 2.39. The highest BCUT2D eigenvalue weighted by molar-refractivity contribution is 6.06. The predicted octanol–water partition coefficient (Wildman–Crippen LogP) is 4.25. The maximum Gasteiger partial charge on any atom is 0.201 e. The number of rotatable bonds is 4. The van der Waals surface area contributed by atoms with Gasteiger partial charge in [-0.15, -0.1) is 0 Å². The standard InChI is InChI=1S/C26H34FN5O/c1-18-7-9-19(10-8-18)22-16-31(17-23(22)30(2)3)26(29)32(24-6-4-5-15-33-24)25(28)20-11-13-21(27)14-12-20/h7-14,22-24,28-29H,4-6,15-17H2,1-3H3. The molecule has 2 aromatic rings. The molecule has 2 aliphatic heterocycles. The number of amidine groups is 1. The van der Waals surface area contributed by atoms with E-state index in [1.165, 1.54) is 23.3 Å². The molecule has 2 heterocycles. The number of aryl methyl sites for hydroxylation is 1. The Bertz CT molecular complexity index is 969. The zero-order chi connectivity index (χ0) is 23.5. The fourth-order valence-electron chi connectivity index (χ4n) is 4.84. The van der Waals surface area contributed by atoms with Crippen LogP contribution in [0.4, 0.5) is 4.39 Å². The molecule has 2 N–H and O–H groups in total. The van der Waals surface area contributed by atoms with Gasteiger partial charge in [-0.25, -0.2) is 4.39 Å². The summed E-state index contributed by atoms with van der Waals surface area (Å²) in [5.41, 5.74) is 3.08. The molecule has 2 aliphatic rings. The van der Waals surface area contributed by atoms with Crippen molar-refractivity contribution in [1.82, 2.24) is 14.7 Å². The molecule has 0 radical (unpaired) electrons. The molecule has 0 aromatic heterocycles. The summed E-state index contributed by atoms with van der Waals surface area (Å²) in [7, 11) is 4.17. The van der Waals surface area contributed by atoms with Crippen molar-refractivity contribution in [1.29, 1.82) is 10.8 Å². The molecule has 7 heteroatoms. The number of nitrogens with one attached hydrogen (secondary N) is 2. The van der Waals surface area contributed by atoms with Gasteiger partial charge in [-0.05, 0) is 70.1 Å². The summed E-state index contributed by atoms with van der Waals surface area (Å²) in [6.45, 7) is 4.11. The van der Waals surface area contributed by atoms with Crippen LogP contribution >= 0.6 is 0 Å². The van der Waals surface area contributed by atoms with E-state index in [1.54, 1.807) is 17.0 Å². The minimum absolute atomic E-state index is 0.173. The Morgan fingerprint density at radius 2 is 1.70 bits per heavy atom. The van der Waals surface area contributed by atoms with Gasteiger partial charge < -0.3 is 14.5 Å². The molecule has 4 rings (SSSR count). The van der Waals surface area contributed by atoms with E-state index >= 15 is 0 Å². The lowest BCUT2D eigenvalue weighted by molar-refractivity contribution is -0.0364. The van der Waals surface area contributed by atoms with Crippen LogP contribution < -0.4 is 0 Å². The molecule has 0 saturated carbocycles. The summed E-state index contributed by atoms with van der Waals surface area (Å²) in [6, 6.07) is 14.8. The molecular weight excluding hydrogens is 417 g/mol. The van der Waals surface area contributed by atoms with Crippen molar-refractivity contribution in [2.45, 2.75) is 44.4 Å². The first kappa shape index (κ1) is 23.4. The topological polar surface area (TPSA) is 66.7 Å². The Morgan fingerprint density at radius 3 is 2.30 bits per heavy atom. The van der Waals surface area contributed by atoms with E-state index in [2.05, 4.69) is 55.1 Å². The van der Waals surface area contributed by atoms with Gasteiger partial charge in [-0.1, -0.05) is 29.8 Å². The average molecular weight is 452 g/mol. The molecule has 6 nitrogen and oxygen atoms in total. The molecular formula is C26H34FN5O. The van der Waals surface area contributed by atoms with Crippen LogP contribution in [0.3, 0.4) is 0 Å². The van der Waals surface area contributed by atoms with E-state index in [0.29, 0.717) is 25.3 Å². The van der Waals surface area contributed by atoms with Crippen LogP contribution in [-0.4, -0.2) is 72.6 Å². The number of benzene rings is 2. The summed E-state index contributed by atoms with van der Waals surface area (Å²) in [5, 5.41) is 18.1. The van der Waals surface area contributed by atoms with Crippen LogP contribution in [0, 0.1) is 23.6 Å². The molecule has 0 amide bonds. The van der Waals surface area contributed by atoms with Crippen molar-refractivity contribution < 1.29 is 9.13 Å². The van der Waals surface area contributed by atoms with Gasteiger partial charge >= 0.3 is 0 Å². The second-order valence-corrected chi connectivity index (χ2v) is 9.32. The minimum Gasteiger partial charge on any atom is -0.358 e. The maximum absolute atomic E-state index is 13.5. The fourth-order valence-corrected chi connectivity index (χ4v) is 4.84. The lowest BCUT2D eigenvalue weighted by atomic mass is 9.93. The molecule has 176 valence electrons. The Kier molecular flexibility index (Phi) is 7.10. The van der Waals surface area contributed by atoms with Gasteiger partial charge in [0.15, 0.2) is 0 Å². The second-order valence-electron chi connectivity index (χ2n) is 9.32. The molecule has 2 aromatic carbocycles. The third kappa shape index (κ3) is 5.09. The Morgan fingerprint density at radius 1 is 1.00 bits per heavy atom. The molecule has 33 heavy (non-hydrogen) atoms. The number of halogens is 1. The smallest absolute Gasteiger partial charge is 0.201 e. The number of ether oxygens (including phenoxy) is 1. The van der Waals surface area contributed by atoms with Crippen LogP contribution in [0.25, 0.3) is 0 Å². The van der Waals surface area contributed by atoms with Crippen LogP contribution in [-0.2, 0) is 4.74 Å². The van der Waals surface area contributed by atoms with Gasteiger partial charge in [0.25, 0.3) is 0 Å². The molecule has 2 saturated heterocycles. The zero-order valence-corrected chi connectivity index (χ0v) is 19.7. The Hall–Kier alpha value is -2.77. The van der Waals surface area contributed by atoms with Gasteiger partial charge in [0.05, 0.1) is 0 Å². The van der Waals surface area contributed by atoms with Crippen molar-refractivity contribution in [2.24, 2.45) is 0 Å². The number of likely N-dealkylation sites (N-methyl/N-ethyl adjacent to an activating group) is 1. The largest absolute Gasteiger partial charge is 0.358 e. The first-order chi connectivity index (χ1) is 15.8. The highest BCUT2D eigenvalue weighted by atomic mass is 19.1. The molecule has 3 atom stereocenters. The highest BCUT2D eigenvalue weighted by Crippen LogP contribution is 2.32. The summed E-state index contributed by atoms with van der Waals surface area (Å²) in [5.74, 6) is 0.372. The van der Waals surface area contributed by atoms with Gasteiger partial charge in [0.1, 0.15) is 17.9 Å². The first-order valence-corrected chi connectivity index (χ1v) is 11.7. The minimum atomic E-state index is -0.361. The third-order valence-corrected chi connectivity index (χ3v) is 6.79. The van der Waals surface area contributed by atoms with E-state index in [1.807, 2.05) is 0 Å². The van der Waals surface area contributed by atoms with E-state index < -0.39 is 0 Å². The summed E-state index contributed by atoms with van der Waals surface area (Å²) >= 11 is 0. The quantitative estimate of drug-likeness (QED) is 0.539. The molecule has 0 aliphatic carbocycles. The Labute approximate surface area is 196 Å². The van der Waals surface area contributed by atoms with Crippen molar-refractivity contribution in [3.63, 3.8) is 0 Å². The van der Waals surface area contributed by atoms with Crippen molar-refractivity contribution in [3.8, 4) is 0 Å². The number of nitrogens with zero attached hydrogens (tertiary/aromatic N) is 3. The molecule has 3 unspecified atom stereocenters. The van der Waals surface area contributed by atoms with Crippen molar-refractivity contribution in [3.05, 3.63) is 71.0 Å². The normalized spacial score (nSPS) is 23.1. The SMILES string of the molecule is Cc1ccc(C2CN(C(=N)N(C(=N)c3ccc(F)cc3)C3CCCCO3)CC2N(C)C)cc1. The summed E-state index contributed by atoms with van der Waals surface area (Å²) < 4.78 is 19.5. The van der Waals surface area contributed by atoms with Crippen LogP contribution in [0.1, 0.15) is 41.9 Å². The van der Waals surface area contributed by atoms with E-state index in [9.17, 15) is 4.39 Å². The van der Waals surface area contributed by atoms with Crippen LogP contribution in [0.15, 0.2) is 48.5 Å². The number of hydrogen-bond donors (Lipinski definition) is 2. The van der Waals surface area contributed by atoms with Gasteiger partial charge in [-0.2, -0.15) is 0 Å². The van der Waals surface area contributed by atoms with Gasteiger partial charge in [-0.3, -0.25) is 15.7 Å². The molecule has 0 bridgehead atoms. The molecule has 2 fully saturated rings. The number of guanidine groups is 1. The fraction of sp³-hybridized carbons (Fsp3) is 0.462. The van der Waals surface area contributed by atoms with Gasteiger partial charge in [0.2, 0.25) is 5.96 Å². The molecule has 0 spiro atoms. The Balaban J connectivity index is 1.61. The predicted molar refractivity (Wildman–Crippen MR) is 129 cm³/mol. The number of hydrogen-bond acceptors (Lipinski definition) is 4. The van der Waals surface area contributed by atoms with Crippen LogP contribution in [0.2, 0.25) is 0 Å². The summed E-state index contributed by atoms with van der Waals surface area (Å²) in [4.78, 5) is 5.98. The highest BCUT2D eigenvalue weighted by Gasteiger charge is 2.40. The zero-order valence-electron chi connectivity index (χ0n) is 19.7. The third-order valence-electron chi connectivity index (χ3n) is 6.79. The van der Waals surface area contributed by atoms with Crippen LogP contribution in [0.5, 0.6) is 0 Å². The van der Waals surface area contributed by atoms with E-state index in [4.69, 9.17) is 15.6 Å². The lowest BCUT2D eigenvalue weighted by Crippen LogP contribution is -2.53.